The van der Waals surface area contributed by atoms with Gasteiger partial charge in [0.25, 0.3) is 0 Å². The van der Waals surface area contributed by atoms with Crippen molar-refractivity contribution in [2.45, 2.75) is 32.9 Å². The topological polar surface area (TPSA) is 55.1 Å². The lowest BCUT2D eigenvalue weighted by molar-refractivity contribution is -0.137. The zero-order chi connectivity index (χ0) is 17.2. The minimum Gasteiger partial charge on any atom is -0.361 e. The van der Waals surface area contributed by atoms with Crippen LogP contribution < -0.4 is 5.32 Å². The van der Waals surface area contributed by atoms with Crippen LogP contribution in [0.25, 0.3) is 0 Å². The van der Waals surface area contributed by atoms with Gasteiger partial charge in [0, 0.05) is 15.6 Å². The standard InChI is InChI=1S/C15H14F3IN2O2/c1-8-11(9(2)23-21-8)4-6-14(22)20-13-7-10(15(16,17)18)3-5-12(13)19/h3,5,7H,4,6H2,1-2H3,(H,20,22). The highest BCUT2D eigenvalue weighted by Gasteiger charge is 2.31. The molecular weight excluding hydrogens is 424 g/mol. The first-order valence-corrected chi connectivity index (χ1v) is 7.84. The Morgan fingerprint density at radius 3 is 2.61 bits per heavy atom. The van der Waals surface area contributed by atoms with Crippen molar-refractivity contribution in [3.63, 3.8) is 0 Å². The lowest BCUT2D eigenvalue weighted by Gasteiger charge is -2.12. The molecule has 2 rings (SSSR count). The van der Waals surface area contributed by atoms with E-state index in [1.165, 1.54) is 6.07 Å². The van der Waals surface area contributed by atoms with E-state index < -0.39 is 11.7 Å². The van der Waals surface area contributed by atoms with E-state index in [1.54, 1.807) is 13.8 Å². The Hall–Kier alpha value is -1.58. The number of benzene rings is 1. The molecular formula is C15H14F3IN2O2. The van der Waals surface area contributed by atoms with E-state index in [2.05, 4.69) is 10.5 Å². The Bertz CT molecular complexity index is 706. The molecule has 23 heavy (non-hydrogen) atoms. The lowest BCUT2D eigenvalue weighted by atomic mass is 10.1. The predicted octanol–water partition coefficient (Wildman–Crippen LogP) is 4.49. The van der Waals surface area contributed by atoms with Gasteiger partial charge in [-0.05, 0) is 61.1 Å². The molecule has 0 aliphatic carbocycles. The average Bonchev–Trinajstić information content (AvgIpc) is 2.77. The number of carbonyl (C=O) groups is 1. The molecule has 8 heteroatoms. The summed E-state index contributed by atoms with van der Waals surface area (Å²) in [5.41, 5.74) is 0.922. The van der Waals surface area contributed by atoms with Crippen LogP contribution in [0.4, 0.5) is 18.9 Å². The average molecular weight is 438 g/mol. The summed E-state index contributed by atoms with van der Waals surface area (Å²) in [6, 6.07) is 3.25. The third kappa shape index (κ3) is 4.46. The molecule has 0 fully saturated rings. The highest BCUT2D eigenvalue weighted by atomic mass is 127. The Labute approximate surface area is 144 Å². The summed E-state index contributed by atoms with van der Waals surface area (Å²) in [6.45, 7) is 3.53. The monoisotopic (exact) mass is 438 g/mol. The van der Waals surface area contributed by atoms with Crippen LogP contribution in [0.15, 0.2) is 22.7 Å². The number of alkyl halides is 3. The fraction of sp³-hybridized carbons (Fsp3) is 0.333. The number of amides is 1. The van der Waals surface area contributed by atoms with Crippen molar-refractivity contribution in [3.8, 4) is 0 Å². The first kappa shape index (κ1) is 17.8. The van der Waals surface area contributed by atoms with Crippen LogP contribution in [0.2, 0.25) is 0 Å². The van der Waals surface area contributed by atoms with E-state index in [9.17, 15) is 18.0 Å². The summed E-state index contributed by atoms with van der Waals surface area (Å²) in [5.74, 6) is 0.284. The van der Waals surface area contributed by atoms with Crippen LogP contribution in [0.3, 0.4) is 0 Å². The van der Waals surface area contributed by atoms with Gasteiger partial charge in [0.15, 0.2) is 0 Å². The summed E-state index contributed by atoms with van der Waals surface area (Å²) in [6.07, 6.45) is -3.89. The van der Waals surface area contributed by atoms with Crippen molar-refractivity contribution in [2.24, 2.45) is 0 Å². The number of anilines is 1. The maximum absolute atomic E-state index is 12.7. The van der Waals surface area contributed by atoms with E-state index in [0.717, 1.165) is 17.7 Å². The van der Waals surface area contributed by atoms with Gasteiger partial charge >= 0.3 is 6.18 Å². The fourth-order valence-corrected chi connectivity index (χ4v) is 2.58. The van der Waals surface area contributed by atoms with Gasteiger partial charge in [0.05, 0.1) is 16.9 Å². The number of hydrogen-bond acceptors (Lipinski definition) is 3. The van der Waals surface area contributed by atoms with Gasteiger partial charge in [-0.1, -0.05) is 5.16 Å². The third-order valence-corrected chi connectivity index (χ3v) is 4.29. The second kappa shape index (κ2) is 6.90. The zero-order valence-electron chi connectivity index (χ0n) is 12.4. The fourth-order valence-electron chi connectivity index (χ4n) is 2.11. The third-order valence-electron chi connectivity index (χ3n) is 3.35. The predicted molar refractivity (Wildman–Crippen MR) is 87.1 cm³/mol. The summed E-state index contributed by atoms with van der Waals surface area (Å²) in [7, 11) is 0. The Kier molecular flexibility index (Phi) is 5.33. The zero-order valence-corrected chi connectivity index (χ0v) is 14.6. The molecule has 0 spiro atoms. The maximum Gasteiger partial charge on any atom is 0.416 e. The SMILES string of the molecule is Cc1noc(C)c1CCC(=O)Nc1cc(C(F)(F)F)ccc1I. The first-order chi connectivity index (χ1) is 10.7. The molecule has 1 aromatic carbocycles. The molecule has 4 nitrogen and oxygen atoms in total. The first-order valence-electron chi connectivity index (χ1n) is 6.77. The molecule has 1 heterocycles. The van der Waals surface area contributed by atoms with Crippen LogP contribution in [0, 0.1) is 17.4 Å². The van der Waals surface area contributed by atoms with E-state index in [-0.39, 0.29) is 18.0 Å². The number of aromatic nitrogens is 1. The van der Waals surface area contributed by atoms with E-state index >= 15 is 0 Å². The smallest absolute Gasteiger partial charge is 0.361 e. The quantitative estimate of drug-likeness (QED) is 0.717. The number of carbonyl (C=O) groups excluding carboxylic acids is 1. The molecule has 0 saturated carbocycles. The summed E-state index contributed by atoms with van der Waals surface area (Å²) in [5, 5.41) is 6.32. The van der Waals surface area contributed by atoms with Gasteiger partial charge < -0.3 is 9.84 Å². The van der Waals surface area contributed by atoms with E-state index in [4.69, 9.17) is 4.52 Å². The van der Waals surface area contributed by atoms with Gasteiger partial charge in [-0.3, -0.25) is 4.79 Å². The Morgan fingerprint density at radius 1 is 1.35 bits per heavy atom. The van der Waals surface area contributed by atoms with Crippen LogP contribution in [-0.4, -0.2) is 11.1 Å². The maximum atomic E-state index is 12.7. The number of nitrogens with zero attached hydrogens (tertiary/aromatic N) is 1. The molecule has 0 aliphatic rings. The van der Waals surface area contributed by atoms with Gasteiger partial charge in [-0.15, -0.1) is 0 Å². The molecule has 0 atom stereocenters. The minimum atomic E-state index is -4.44. The Morgan fingerprint density at radius 2 is 2.04 bits per heavy atom. The van der Waals surface area contributed by atoms with Gasteiger partial charge in [0.1, 0.15) is 5.76 Å². The van der Waals surface area contributed by atoms with Gasteiger partial charge in [-0.2, -0.15) is 13.2 Å². The summed E-state index contributed by atoms with van der Waals surface area (Å²) >= 11 is 1.88. The van der Waals surface area contributed by atoms with Crippen molar-refractivity contribution in [1.82, 2.24) is 5.16 Å². The molecule has 1 N–H and O–H groups in total. The molecule has 1 amide bonds. The number of nitrogens with one attached hydrogen (secondary N) is 1. The summed E-state index contributed by atoms with van der Waals surface area (Å²) in [4.78, 5) is 12.0. The van der Waals surface area contributed by atoms with Gasteiger partial charge in [0.2, 0.25) is 5.91 Å². The largest absolute Gasteiger partial charge is 0.416 e. The van der Waals surface area contributed by atoms with E-state index in [0.29, 0.717) is 21.4 Å². The van der Waals surface area contributed by atoms with Crippen LogP contribution in [0.5, 0.6) is 0 Å². The number of rotatable bonds is 4. The number of hydrogen-bond donors (Lipinski definition) is 1. The summed E-state index contributed by atoms with van der Waals surface area (Å²) < 4.78 is 43.7. The molecule has 0 unspecified atom stereocenters. The molecule has 1 aromatic heterocycles. The molecule has 0 radical (unpaired) electrons. The number of aryl methyl sites for hydroxylation is 2. The highest BCUT2D eigenvalue weighted by Crippen LogP contribution is 2.32. The second-order valence-corrected chi connectivity index (χ2v) is 6.21. The van der Waals surface area contributed by atoms with Crippen molar-refractivity contribution in [3.05, 3.63) is 44.4 Å². The van der Waals surface area contributed by atoms with Crippen LogP contribution in [-0.2, 0) is 17.4 Å². The van der Waals surface area contributed by atoms with Crippen LogP contribution in [0.1, 0.15) is 29.0 Å². The lowest BCUT2D eigenvalue weighted by Crippen LogP contribution is -2.15. The van der Waals surface area contributed by atoms with Crippen molar-refractivity contribution < 1.29 is 22.5 Å². The van der Waals surface area contributed by atoms with Crippen LogP contribution >= 0.6 is 22.6 Å². The molecule has 0 bridgehead atoms. The minimum absolute atomic E-state index is 0.134. The van der Waals surface area contributed by atoms with Crippen molar-refractivity contribution in [1.29, 1.82) is 0 Å². The number of halogens is 4. The molecule has 0 aliphatic heterocycles. The Balaban J connectivity index is 2.06. The molecule has 0 saturated heterocycles. The van der Waals surface area contributed by atoms with Crippen molar-refractivity contribution in [2.75, 3.05) is 5.32 Å². The van der Waals surface area contributed by atoms with E-state index in [1.807, 2.05) is 22.6 Å². The second-order valence-electron chi connectivity index (χ2n) is 5.04. The van der Waals surface area contributed by atoms with Gasteiger partial charge in [-0.25, -0.2) is 0 Å². The highest BCUT2D eigenvalue weighted by molar-refractivity contribution is 14.1. The van der Waals surface area contributed by atoms with Crippen molar-refractivity contribution >= 4 is 34.2 Å². The molecule has 2 aromatic rings. The molecule has 124 valence electrons. The normalized spacial score (nSPS) is 11.6.